The summed E-state index contributed by atoms with van der Waals surface area (Å²) in [6, 6.07) is 10.8. The summed E-state index contributed by atoms with van der Waals surface area (Å²) in [6.45, 7) is 6.97. The number of rotatable bonds is 14. The van der Waals surface area contributed by atoms with E-state index < -0.39 is 5.96 Å². The fraction of sp³-hybridized carbons (Fsp3) is 0.727. The van der Waals surface area contributed by atoms with E-state index >= 15 is 0 Å². The van der Waals surface area contributed by atoms with Crippen molar-refractivity contribution >= 4 is 17.2 Å². The molecule has 1 aromatic carbocycles. The van der Waals surface area contributed by atoms with Crippen molar-refractivity contribution in [2.45, 2.75) is 83.7 Å². The molecule has 0 aromatic heterocycles. The van der Waals surface area contributed by atoms with E-state index in [9.17, 15) is 0 Å². The zero-order valence-electron chi connectivity index (χ0n) is 16.4. The van der Waals surface area contributed by atoms with E-state index in [-0.39, 0.29) is 0 Å². The predicted molar refractivity (Wildman–Crippen MR) is 116 cm³/mol. The Morgan fingerprint density at radius 3 is 1.67 bits per heavy atom. The number of hydrogen-bond donors (Lipinski definition) is 0. The van der Waals surface area contributed by atoms with Gasteiger partial charge in [0.15, 0.2) is 0 Å². The number of benzene rings is 1. The first-order valence-corrected chi connectivity index (χ1v) is 14.6. The second kappa shape index (κ2) is 11.5. The van der Waals surface area contributed by atoms with Crippen molar-refractivity contribution in [1.82, 2.24) is 0 Å². The molecule has 0 atom stereocenters. The minimum absolute atomic E-state index is 1.08. The van der Waals surface area contributed by atoms with Crippen LogP contribution >= 0.6 is 17.2 Å². The Morgan fingerprint density at radius 2 is 1.17 bits per heavy atom. The maximum absolute atomic E-state index is 7.08. The fourth-order valence-corrected chi connectivity index (χ4v) is 6.96. The van der Waals surface area contributed by atoms with Crippen LogP contribution in [0.5, 0.6) is 0 Å². The quantitative estimate of drug-likeness (QED) is 0.227. The predicted octanol–water partition coefficient (Wildman–Crippen LogP) is 8.46. The molecule has 0 aliphatic heterocycles. The van der Waals surface area contributed by atoms with Crippen LogP contribution in [0.1, 0.15) is 83.1 Å². The van der Waals surface area contributed by atoms with Gasteiger partial charge in [0.1, 0.15) is 0 Å². The third-order valence-corrected chi connectivity index (χ3v) is 8.87. The molecule has 0 bridgehead atoms. The van der Waals surface area contributed by atoms with Gasteiger partial charge >= 0.3 is 149 Å². The molecular formula is C22H40ClP. The van der Waals surface area contributed by atoms with Gasteiger partial charge in [-0.15, -0.1) is 0 Å². The van der Waals surface area contributed by atoms with E-state index in [1.54, 1.807) is 0 Å². The molecule has 0 N–H and O–H groups in total. The molecule has 0 aliphatic carbocycles. The minimum atomic E-state index is -2.04. The molecule has 24 heavy (non-hydrogen) atoms. The third-order valence-electron chi connectivity index (χ3n) is 4.96. The fourth-order valence-electron chi connectivity index (χ4n) is 3.49. The summed E-state index contributed by atoms with van der Waals surface area (Å²) < 4.78 is 0. The second-order valence-electron chi connectivity index (χ2n) is 8.42. The Balaban J connectivity index is 2.07. The van der Waals surface area contributed by atoms with Crippen LogP contribution in [0.3, 0.4) is 0 Å². The zero-order valence-corrected chi connectivity index (χ0v) is 18.1. The summed E-state index contributed by atoms with van der Waals surface area (Å²) >= 11 is 7.08. The molecule has 0 aliphatic rings. The standard InChI is InChI=1S/C22H40ClP/c1-4-5-6-7-8-9-10-11-12-13-17-20-24(2,3,23)21-22-18-15-14-16-19-22/h14-16,18-19H,4-13,17,20-21H2,1-3H3. The van der Waals surface area contributed by atoms with Crippen LogP contribution in [0.2, 0.25) is 0 Å². The zero-order chi connectivity index (χ0) is 17.8. The monoisotopic (exact) mass is 370 g/mol. The van der Waals surface area contributed by atoms with Crippen LogP contribution in [-0.4, -0.2) is 19.5 Å². The molecule has 0 heterocycles. The van der Waals surface area contributed by atoms with Crippen molar-refractivity contribution in [2.75, 3.05) is 19.5 Å². The van der Waals surface area contributed by atoms with Crippen LogP contribution in [0.25, 0.3) is 0 Å². The Bertz CT molecular complexity index is 419. The third kappa shape index (κ3) is 11.5. The van der Waals surface area contributed by atoms with E-state index in [0.29, 0.717) is 0 Å². The van der Waals surface area contributed by atoms with Crippen LogP contribution in [-0.2, 0) is 6.16 Å². The van der Waals surface area contributed by atoms with Crippen molar-refractivity contribution in [2.24, 2.45) is 0 Å². The summed E-state index contributed by atoms with van der Waals surface area (Å²) in [5.74, 6) is -2.04. The maximum atomic E-state index is 7.08. The SMILES string of the molecule is CCCCCCCCCCCCCP(C)(C)(Cl)Cc1ccccc1. The first kappa shape index (κ1) is 22.0. The van der Waals surface area contributed by atoms with Crippen LogP contribution in [0.4, 0.5) is 0 Å². The molecule has 0 unspecified atom stereocenters. The van der Waals surface area contributed by atoms with Gasteiger partial charge in [0, 0.05) is 0 Å². The molecule has 140 valence electrons. The van der Waals surface area contributed by atoms with Crippen molar-refractivity contribution in [3.8, 4) is 0 Å². The first-order chi connectivity index (χ1) is 11.4. The summed E-state index contributed by atoms with van der Waals surface area (Å²) in [5, 5.41) is 0. The van der Waals surface area contributed by atoms with Gasteiger partial charge < -0.3 is 0 Å². The molecule has 1 rings (SSSR count). The average molecular weight is 371 g/mol. The number of halogens is 1. The van der Waals surface area contributed by atoms with E-state index in [1.165, 1.54) is 82.4 Å². The van der Waals surface area contributed by atoms with Gasteiger partial charge in [0.05, 0.1) is 0 Å². The Kier molecular flexibility index (Phi) is 10.6. The van der Waals surface area contributed by atoms with Gasteiger partial charge in [-0.25, -0.2) is 0 Å². The molecule has 0 nitrogen and oxygen atoms in total. The van der Waals surface area contributed by atoms with Crippen molar-refractivity contribution in [3.05, 3.63) is 35.9 Å². The average Bonchev–Trinajstić information content (AvgIpc) is 2.52. The molecule has 0 radical (unpaired) electrons. The van der Waals surface area contributed by atoms with Gasteiger partial charge in [-0.3, -0.25) is 0 Å². The van der Waals surface area contributed by atoms with E-state index in [4.69, 9.17) is 11.2 Å². The summed E-state index contributed by atoms with van der Waals surface area (Å²) in [6.07, 6.45) is 17.7. The number of hydrogen-bond acceptors (Lipinski definition) is 0. The first-order valence-electron chi connectivity index (χ1n) is 10.2. The van der Waals surface area contributed by atoms with E-state index in [2.05, 4.69) is 50.6 Å². The van der Waals surface area contributed by atoms with Crippen molar-refractivity contribution in [3.63, 3.8) is 0 Å². The van der Waals surface area contributed by atoms with Crippen LogP contribution in [0.15, 0.2) is 30.3 Å². The summed E-state index contributed by atoms with van der Waals surface area (Å²) in [7, 11) is 0. The van der Waals surface area contributed by atoms with Gasteiger partial charge in [-0.2, -0.15) is 0 Å². The van der Waals surface area contributed by atoms with Gasteiger partial charge in [0.25, 0.3) is 0 Å². The van der Waals surface area contributed by atoms with Crippen LogP contribution in [0, 0.1) is 0 Å². The molecule has 0 spiro atoms. The molecule has 0 amide bonds. The summed E-state index contributed by atoms with van der Waals surface area (Å²) in [4.78, 5) is 0. The summed E-state index contributed by atoms with van der Waals surface area (Å²) in [5.41, 5.74) is 1.40. The molecule has 2 heteroatoms. The van der Waals surface area contributed by atoms with Crippen molar-refractivity contribution < 1.29 is 0 Å². The van der Waals surface area contributed by atoms with Gasteiger partial charge in [-0.1, -0.05) is 6.92 Å². The molecule has 0 fully saturated rings. The Hall–Kier alpha value is -0.0600. The Morgan fingerprint density at radius 1 is 0.708 bits per heavy atom. The van der Waals surface area contributed by atoms with Crippen molar-refractivity contribution in [1.29, 1.82) is 0 Å². The molecule has 1 aromatic rings. The normalized spacial score (nSPS) is 13.6. The Labute approximate surface area is 156 Å². The molecule has 0 saturated carbocycles. The number of unbranched alkanes of at least 4 members (excludes halogenated alkanes) is 10. The molecular weight excluding hydrogens is 331 g/mol. The van der Waals surface area contributed by atoms with Gasteiger partial charge in [0.2, 0.25) is 0 Å². The van der Waals surface area contributed by atoms with E-state index in [0.717, 1.165) is 6.16 Å². The topological polar surface area (TPSA) is 0 Å². The van der Waals surface area contributed by atoms with E-state index in [1.807, 2.05) is 0 Å². The molecule has 0 saturated heterocycles. The van der Waals surface area contributed by atoms with Crippen LogP contribution < -0.4 is 0 Å². The second-order valence-corrected chi connectivity index (χ2v) is 17.7. The van der Waals surface area contributed by atoms with Gasteiger partial charge in [-0.05, 0) is 0 Å².